The van der Waals surface area contributed by atoms with Crippen molar-refractivity contribution in [1.29, 1.82) is 5.26 Å². The molecule has 2 amide bonds. The summed E-state index contributed by atoms with van der Waals surface area (Å²) in [5.74, 6) is -0.735. The average molecular weight is 319 g/mol. The second kappa shape index (κ2) is 6.55. The summed E-state index contributed by atoms with van der Waals surface area (Å²) < 4.78 is 0. The van der Waals surface area contributed by atoms with Gasteiger partial charge in [0.05, 0.1) is 17.2 Å². The summed E-state index contributed by atoms with van der Waals surface area (Å²) in [4.78, 5) is 26.3. The van der Waals surface area contributed by atoms with Crippen LogP contribution in [0.5, 0.6) is 0 Å². The van der Waals surface area contributed by atoms with Crippen molar-refractivity contribution in [2.75, 3.05) is 16.8 Å². The number of carbonyl (C=O) groups is 2. The minimum Gasteiger partial charge on any atom is -0.326 e. The third-order valence-corrected chi connectivity index (χ3v) is 4.21. The Morgan fingerprint density at radius 1 is 1.21 bits per heavy atom. The summed E-state index contributed by atoms with van der Waals surface area (Å²) in [6.07, 6.45) is 0.150. The second-order valence-corrected chi connectivity index (χ2v) is 5.84. The van der Waals surface area contributed by atoms with Gasteiger partial charge in [0.15, 0.2) is 0 Å². The first-order valence-electron chi connectivity index (χ1n) is 7.76. The first-order chi connectivity index (χ1) is 11.6. The molecule has 1 unspecified atom stereocenters. The van der Waals surface area contributed by atoms with Crippen molar-refractivity contribution in [2.45, 2.75) is 13.3 Å². The maximum Gasteiger partial charge on any atom is 0.229 e. The smallest absolute Gasteiger partial charge is 0.229 e. The fourth-order valence-corrected chi connectivity index (χ4v) is 2.87. The van der Waals surface area contributed by atoms with Crippen LogP contribution in [0, 0.1) is 24.2 Å². The first kappa shape index (κ1) is 15.8. The van der Waals surface area contributed by atoms with Crippen LogP contribution in [0.1, 0.15) is 17.5 Å². The SMILES string of the molecule is Cc1ccccc1NC(=O)C1CC(=O)N(c2ccccc2C#N)C1. The number of nitriles is 1. The van der Waals surface area contributed by atoms with Crippen molar-refractivity contribution in [3.63, 3.8) is 0 Å². The van der Waals surface area contributed by atoms with Crippen LogP contribution in [-0.2, 0) is 9.59 Å². The molecule has 5 heteroatoms. The molecule has 0 aromatic heterocycles. The van der Waals surface area contributed by atoms with E-state index in [0.717, 1.165) is 11.3 Å². The molecule has 1 N–H and O–H groups in total. The van der Waals surface area contributed by atoms with Crippen molar-refractivity contribution in [2.24, 2.45) is 5.92 Å². The molecule has 1 aliphatic heterocycles. The molecular weight excluding hydrogens is 302 g/mol. The van der Waals surface area contributed by atoms with E-state index >= 15 is 0 Å². The molecule has 0 radical (unpaired) electrons. The van der Waals surface area contributed by atoms with Gasteiger partial charge in [-0.05, 0) is 30.7 Å². The Morgan fingerprint density at radius 3 is 2.67 bits per heavy atom. The summed E-state index contributed by atoms with van der Waals surface area (Å²) in [5.41, 5.74) is 2.73. The van der Waals surface area contributed by atoms with Crippen molar-refractivity contribution >= 4 is 23.2 Å². The summed E-state index contributed by atoms with van der Waals surface area (Å²) in [7, 11) is 0. The van der Waals surface area contributed by atoms with E-state index in [0.29, 0.717) is 11.3 Å². The fraction of sp³-hybridized carbons (Fsp3) is 0.211. The Kier molecular flexibility index (Phi) is 4.30. The van der Waals surface area contributed by atoms with Crippen molar-refractivity contribution in [3.05, 3.63) is 59.7 Å². The van der Waals surface area contributed by atoms with Gasteiger partial charge >= 0.3 is 0 Å². The minimum atomic E-state index is -0.427. The number of nitrogens with one attached hydrogen (secondary N) is 1. The second-order valence-electron chi connectivity index (χ2n) is 5.84. The van der Waals surface area contributed by atoms with Gasteiger partial charge in [-0.3, -0.25) is 9.59 Å². The number of hydrogen-bond acceptors (Lipinski definition) is 3. The standard InChI is InChI=1S/C19H17N3O2/c1-13-6-2-4-8-16(13)21-19(24)15-10-18(23)22(12-15)17-9-5-3-7-14(17)11-20/h2-9,15H,10,12H2,1H3,(H,21,24). The van der Waals surface area contributed by atoms with E-state index in [2.05, 4.69) is 11.4 Å². The predicted molar refractivity (Wildman–Crippen MR) is 91.4 cm³/mol. The number of carbonyl (C=O) groups excluding carboxylic acids is 2. The lowest BCUT2D eigenvalue weighted by Gasteiger charge is -2.18. The van der Waals surface area contributed by atoms with Crippen molar-refractivity contribution < 1.29 is 9.59 Å². The number of hydrogen-bond donors (Lipinski definition) is 1. The molecule has 0 spiro atoms. The third kappa shape index (κ3) is 2.99. The first-order valence-corrected chi connectivity index (χ1v) is 7.76. The molecule has 5 nitrogen and oxygen atoms in total. The van der Waals surface area contributed by atoms with Crippen LogP contribution in [0.15, 0.2) is 48.5 Å². The Labute approximate surface area is 140 Å². The molecule has 3 rings (SSSR count). The van der Waals surface area contributed by atoms with Gasteiger partial charge in [-0.25, -0.2) is 0 Å². The molecule has 0 aliphatic carbocycles. The van der Waals surface area contributed by atoms with Crippen LogP contribution in [-0.4, -0.2) is 18.4 Å². The Bertz CT molecular complexity index is 839. The van der Waals surface area contributed by atoms with E-state index in [1.54, 1.807) is 24.3 Å². The van der Waals surface area contributed by atoms with Gasteiger partial charge < -0.3 is 10.2 Å². The summed E-state index contributed by atoms with van der Waals surface area (Å²) in [6.45, 7) is 2.21. The number of nitrogens with zero attached hydrogens (tertiary/aromatic N) is 2. The quantitative estimate of drug-likeness (QED) is 0.945. The molecule has 1 fully saturated rings. The van der Waals surface area contributed by atoms with Crippen LogP contribution in [0.3, 0.4) is 0 Å². The minimum absolute atomic E-state index is 0.136. The number of aryl methyl sites for hydroxylation is 1. The maximum atomic E-state index is 12.5. The molecule has 1 heterocycles. The number of benzene rings is 2. The highest BCUT2D eigenvalue weighted by Gasteiger charge is 2.36. The Balaban J connectivity index is 1.76. The van der Waals surface area contributed by atoms with Crippen molar-refractivity contribution in [1.82, 2.24) is 0 Å². The molecular formula is C19H17N3O2. The summed E-state index contributed by atoms with van der Waals surface area (Å²) >= 11 is 0. The number of para-hydroxylation sites is 2. The van der Waals surface area contributed by atoms with Crippen LogP contribution in [0.4, 0.5) is 11.4 Å². The van der Waals surface area contributed by atoms with E-state index < -0.39 is 5.92 Å². The summed E-state index contributed by atoms with van der Waals surface area (Å²) in [5, 5.41) is 12.1. The Hall–Kier alpha value is -3.13. The van der Waals surface area contributed by atoms with Gasteiger partial charge in [-0.1, -0.05) is 30.3 Å². The van der Waals surface area contributed by atoms with E-state index in [1.165, 1.54) is 4.90 Å². The zero-order valence-corrected chi connectivity index (χ0v) is 13.3. The third-order valence-electron chi connectivity index (χ3n) is 4.21. The molecule has 0 bridgehead atoms. The van der Waals surface area contributed by atoms with E-state index in [1.807, 2.05) is 31.2 Å². The monoisotopic (exact) mass is 319 g/mol. The van der Waals surface area contributed by atoms with Gasteiger partial charge in [0.25, 0.3) is 0 Å². The highest BCUT2D eigenvalue weighted by Crippen LogP contribution is 2.28. The molecule has 2 aromatic carbocycles. The van der Waals surface area contributed by atoms with Gasteiger partial charge in [0.1, 0.15) is 6.07 Å². The maximum absolute atomic E-state index is 12.5. The fourth-order valence-electron chi connectivity index (χ4n) is 2.87. The molecule has 1 saturated heterocycles. The average Bonchev–Trinajstić information content (AvgIpc) is 2.98. The number of amides is 2. The highest BCUT2D eigenvalue weighted by molar-refractivity contribution is 6.04. The lowest BCUT2D eigenvalue weighted by Crippen LogP contribution is -2.28. The van der Waals surface area contributed by atoms with Crippen LogP contribution in [0.2, 0.25) is 0 Å². The lowest BCUT2D eigenvalue weighted by atomic mass is 10.1. The Morgan fingerprint density at radius 2 is 1.92 bits per heavy atom. The normalized spacial score (nSPS) is 16.8. The number of anilines is 2. The topological polar surface area (TPSA) is 73.2 Å². The van der Waals surface area contributed by atoms with Gasteiger partial charge in [0, 0.05) is 18.7 Å². The lowest BCUT2D eigenvalue weighted by molar-refractivity contribution is -0.122. The van der Waals surface area contributed by atoms with Crippen LogP contribution in [0.25, 0.3) is 0 Å². The van der Waals surface area contributed by atoms with Gasteiger partial charge in [-0.15, -0.1) is 0 Å². The highest BCUT2D eigenvalue weighted by atomic mass is 16.2. The summed E-state index contributed by atoms with van der Waals surface area (Å²) in [6, 6.07) is 16.6. The van der Waals surface area contributed by atoms with E-state index in [4.69, 9.17) is 0 Å². The molecule has 0 saturated carbocycles. The zero-order chi connectivity index (χ0) is 17.1. The largest absolute Gasteiger partial charge is 0.326 e. The molecule has 1 atom stereocenters. The van der Waals surface area contributed by atoms with Crippen LogP contribution >= 0.6 is 0 Å². The molecule has 1 aliphatic rings. The van der Waals surface area contributed by atoms with E-state index in [-0.39, 0.29) is 24.8 Å². The molecule has 24 heavy (non-hydrogen) atoms. The zero-order valence-electron chi connectivity index (χ0n) is 13.3. The molecule has 120 valence electrons. The number of rotatable bonds is 3. The van der Waals surface area contributed by atoms with Crippen molar-refractivity contribution in [3.8, 4) is 6.07 Å². The van der Waals surface area contributed by atoms with Crippen LogP contribution < -0.4 is 10.2 Å². The predicted octanol–water partition coefficient (Wildman–Crippen LogP) is 2.86. The van der Waals surface area contributed by atoms with Gasteiger partial charge in [-0.2, -0.15) is 5.26 Å². The van der Waals surface area contributed by atoms with Gasteiger partial charge in [0.2, 0.25) is 11.8 Å². The molecule has 2 aromatic rings. The van der Waals surface area contributed by atoms with E-state index in [9.17, 15) is 14.9 Å².